The van der Waals surface area contributed by atoms with Gasteiger partial charge in [-0.3, -0.25) is 0 Å². The van der Waals surface area contributed by atoms with Gasteiger partial charge in [-0.25, -0.2) is 9.78 Å². The van der Waals surface area contributed by atoms with Crippen molar-refractivity contribution in [2.45, 2.75) is 44.6 Å². The number of methoxy groups -OCH3 is 1. The maximum atomic E-state index is 12.1. The van der Waals surface area contributed by atoms with E-state index in [9.17, 15) is 4.79 Å². The molecule has 1 saturated carbocycles. The fraction of sp³-hybridized carbons (Fsp3) is 0.267. The summed E-state index contributed by atoms with van der Waals surface area (Å²) >= 11 is 0. The first-order valence-electron chi connectivity index (χ1n) is 12.4. The molecule has 0 N–H and O–H groups in total. The molecular formula is C30H28N2O3. The van der Waals surface area contributed by atoms with Crippen molar-refractivity contribution in [1.29, 1.82) is 0 Å². The van der Waals surface area contributed by atoms with Crippen LogP contribution in [0, 0.1) is 0 Å². The average molecular weight is 465 g/mol. The van der Waals surface area contributed by atoms with Gasteiger partial charge in [-0.15, -0.1) is 0 Å². The number of aryl methyl sites for hydroxylation is 2. The van der Waals surface area contributed by atoms with Crippen LogP contribution in [0.3, 0.4) is 0 Å². The van der Waals surface area contributed by atoms with Gasteiger partial charge in [0.1, 0.15) is 17.2 Å². The number of hydrogen-bond acceptors (Lipinski definition) is 4. The van der Waals surface area contributed by atoms with Crippen molar-refractivity contribution in [3.8, 4) is 11.4 Å². The Bertz CT molecular complexity index is 1510. The SMILES string of the molecule is COC(=O)c1ccc2c(c1)nc(-c1ccc3oc(CCc4ccccc4)cc3c1)n2C1CCCC1. The van der Waals surface area contributed by atoms with Crippen LogP contribution in [0.4, 0.5) is 0 Å². The standard InChI is InChI=1S/C30H28N2O3/c1-34-30(33)22-12-15-27-26(19-22)31-29(32(27)24-9-5-6-10-24)21-13-16-28-23(17-21)18-25(35-28)14-11-20-7-3-2-4-8-20/h2-4,7-8,12-13,15-19,24H,5-6,9-11,14H2,1H3. The van der Waals surface area contributed by atoms with Gasteiger partial charge in [0.05, 0.1) is 23.7 Å². The Labute approximate surface area is 204 Å². The van der Waals surface area contributed by atoms with Crippen LogP contribution in [0.5, 0.6) is 0 Å². The maximum Gasteiger partial charge on any atom is 0.337 e. The summed E-state index contributed by atoms with van der Waals surface area (Å²) in [6.45, 7) is 0. The van der Waals surface area contributed by atoms with Crippen LogP contribution < -0.4 is 0 Å². The van der Waals surface area contributed by atoms with E-state index in [1.165, 1.54) is 25.5 Å². The lowest BCUT2D eigenvalue weighted by atomic mass is 10.1. The summed E-state index contributed by atoms with van der Waals surface area (Å²) in [5, 5.41) is 1.09. The van der Waals surface area contributed by atoms with E-state index in [1.807, 2.05) is 24.3 Å². The number of furan rings is 1. The zero-order chi connectivity index (χ0) is 23.8. The number of carbonyl (C=O) groups excluding carboxylic acids is 1. The molecule has 1 aliphatic rings. The normalized spacial score (nSPS) is 14.2. The van der Waals surface area contributed by atoms with Gasteiger partial charge < -0.3 is 13.7 Å². The Hall–Kier alpha value is -3.86. The first-order valence-corrected chi connectivity index (χ1v) is 12.4. The fourth-order valence-corrected chi connectivity index (χ4v) is 5.35. The van der Waals surface area contributed by atoms with Gasteiger partial charge in [-0.05, 0) is 67.3 Å². The van der Waals surface area contributed by atoms with Crippen molar-refractivity contribution < 1.29 is 13.9 Å². The largest absolute Gasteiger partial charge is 0.465 e. The van der Waals surface area contributed by atoms with Gasteiger partial charge in [0.15, 0.2) is 0 Å². The van der Waals surface area contributed by atoms with E-state index >= 15 is 0 Å². The minimum Gasteiger partial charge on any atom is -0.465 e. The van der Waals surface area contributed by atoms with E-state index in [4.69, 9.17) is 14.1 Å². The van der Waals surface area contributed by atoms with E-state index in [2.05, 4.69) is 53.1 Å². The molecule has 0 atom stereocenters. The molecule has 176 valence electrons. The quantitative estimate of drug-likeness (QED) is 0.251. The van der Waals surface area contributed by atoms with Crippen molar-refractivity contribution in [3.05, 3.63) is 89.7 Å². The van der Waals surface area contributed by atoms with E-state index in [0.717, 1.165) is 64.8 Å². The number of esters is 1. The number of benzene rings is 3. The molecule has 1 fully saturated rings. The van der Waals surface area contributed by atoms with Crippen molar-refractivity contribution in [2.24, 2.45) is 0 Å². The van der Waals surface area contributed by atoms with Gasteiger partial charge in [-0.2, -0.15) is 0 Å². The van der Waals surface area contributed by atoms with Crippen molar-refractivity contribution in [3.63, 3.8) is 0 Å². The molecule has 2 aromatic heterocycles. The van der Waals surface area contributed by atoms with Gasteiger partial charge in [0.2, 0.25) is 0 Å². The number of aromatic nitrogens is 2. The molecule has 1 aliphatic carbocycles. The number of hydrogen-bond donors (Lipinski definition) is 0. The highest BCUT2D eigenvalue weighted by molar-refractivity contribution is 5.94. The second-order valence-corrected chi connectivity index (χ2v) is 9.39. The van der Waals surface area contributed by atoms with Crippen molar-refractivity contribution in [2.75, 3.05) is 7.11 Å². The first kappa shape index (κ1) is 21.7. The molecule has 5 heteroatoms. The number of nitrogens with zero attached hydrogens (tertiary/aromatic N) is 2. The lowest BCUT2D eigenvalue weighted by Crippen LogP contribution is -2.07. The topological polar surface area (TPSA) is 57.3 Å². The Kier molecular flexibility index (Phi) is 5.61. The molecule has 0 saturated heterocycles. The lowest BCUT2D eigenvalue weighted by molar-refractivity contribution is 0.0601. The third-order valence-electron chi connectivity index (χ3n) is 7.13. The molecule has 5 nitrogen and oxygen atoms in total. The average Bonchev–Trinajstić information content (AvgIpc) is 3.64. The smallest absolute Gasteiger partial charge is 0.337 e. The van der Waals surface area contributed by atoms with Gasteiger partial charge in [0, 0.05) is 23.4 Å². The summed E-state index contributed by atoms with van der Waals surface area (Å²) in [6, 6.07) is 25.1. The minimum absolute atomic E-state index is 0.341. The molecule has 0 amide bonds. The summed E-state index contributed by atoms with van der Waals surface area (Å²) in [7, 11) is 1.41. The molecular weight excluding hydrogens is 436 g/mol. The second-order valence-electron chi connectivity index (χ2n) is 9.39. The zero-order valence-electron chi connectivity index (χ0n) is 19.9. The third kappa shape index (κ3) is 4.12. The summed E-state index contributed by atoms with van der Waals surface area (Å²) in [4.78, 5) is 17.1. The van der Waals surface area contributed by atoms with E-state index < -0.39 is 0 Å². The molecule has 3 aromatic carbocycles. The Balaban J connectivity index is 1.38. The molecule has 0 spiro atoms. The predicted molar refractivity (Wildman–Crippen MR) is 138 cm³/mol. The van der Waals surface area contributed by atoms with E-state index in [0.29, 0.717) is 11.6 Å². The first-order chi connectivity index (χ1) is 17.2. The molecule has 0 radical (unpaired) electrons. The van der Waals surface area contributed by atoms with Crippen LogP contribution in [0.1, 0.15) is 53.4 Å². The van der Waals surface area contributed by atoms with Crippen LogP contribution in [0.2, 0.25) is 0 Å². The fourth-order valence-electron chi connectivity index (χ4n) is 5.35. The molecule has 2 heterocycles. The maximum absolute atomic E-state index is 12.1. The molecule has 0 unspecified atom stereocenters. The molecule has 0 aliphatic heterocycles. The molecule has 0 bridgehead atoms. The van der Waals surface area contributed by atoms with Gasteiger partial charge in [-0.1, -0.05) is 43.2 Å². The molecule has 6 rings (SSSR count). The number of ether oxygens (including phenoxy) is 1. The predicted octanol–water partition coefficient (Wildman–Crippen LogP) is 7.14. The number of rotatable bonds is 6. The lowest BCUT2D eigenvalue weighted by Gasteiger charge is -2.16. The monoisotopic (exact) mass is 464 g/mol. The number of fused-ring (bicyclic) bond motifs is 2. The van der Waals surface area contributed by atoms with Gasteiger partial charge >= 0.3 is 5.97 Å². The highest BCUT2D eigenvalue weighted by atomic mass is 16.5. The molecule has 5 aromatic rings. The Morgan fingerprint density at radius 1 is 1.00 bits per heavy atom. The summed E-state index contributed by atoms with van der Waals surface area (Å²) in [5.74, 6) is 1.60. The highest BCUT2D eigenvalue weighted by Gasteiger charge is 2.24. The zero-order valence-corrected chi connectivity index (χ0v) is 19.9. The summed E-state index contributed by atoms with van der Waals surface area (Å²) in [5.41, 5.74) is 5.69. The van der Waals surface area contributed by atoms with Crippen molar-refractivity contribution >= 4 is 28.0 Å². The van der Waals surface area contributed by atoms with Crippen molar-refractivity contribution in [1.82, 2.24) is 9.55 Å². The third-order valence-corrected chi connectivity index (χ3v) is 7.13. The summed E-state index contributed by atoms with van der Waals surface area (Å²) in [6.07, 6.45) is 6.58. The van der Waals surface area contributed by atoms with Crippen LogP contribution in [0.25, 0.3) is 33.4 Å². The highest BCUT2D eigenvalue weighted by Crippen LogP contribution is 2.38. The number of imidazole rings is 1. The Morgan fingerprint density at radius 2 is 1.83 bits per heavy atom. The Morgan fingerprint density at radius 3 is 2.63 bits per heavy atom. The van der Waals surface area contributed by atoms with Crippen LogP contribution in [0.15, 0.2) is 77.2 Å². The summed E-state index contributed by atoms with van der Waals surface area (Å²) < 4.78 is 13.4. The molecule has 35 heavy (non-hydrogen) atoms. The number of carbonyl (C=O) groups is 1. The second kappa shape index (κ2) is 9.06. The van der Waals surface area contributed by atoms with E-state index in [1.54, 1.807) is 0 Å². The minimum atomic E-state index is -0.341. The van der Waals surface area contributed by atoms with Crippen LogP contribution >= 0.6 is 0 Å². The van der Waals surface area contributed by atoms with Crippen LogP contribution in [-0.2, 0) is 17.6 Å². The van der Waals surface area contributed by atoms with E-state index in [-0.39, 0.29) is 5.97 Å². The van der Waals surface area contributed by atoms with Crippen LogP contribution in [-0.4, -0.2) is 22.6 Å². The van der Waals surface area contributed by atoms with Gasteiger partial charge in [0.25, 0.3) is 0 Å².